The highest BCUT2D eigenvalue weighted by Crippen LogP contribution is 2.24. The molecule has 1 heterocycles. The van der Waals surface area contributed by atoms with Gasteiger partial charge in [-0.3, -0.25) is 14.9 Å². The molecule has 1 aliphatic rings. The maximum absolute atomic E-state index is 12.6. The van der Waals surface area contributed by atoms with E-state index >= 15 is 0 Å². The van der Waals surface area contributed by atoms with Crippen LogP contribution in [0.4, 0.5) is 11.4 Å². The number of hydrogen-bond donors (Lipinski definition) is 1. The Balaban J connectivity index is 1.81. The molecular weight excluding hydrogens is 370 g/mol. The minimum Gasteiger partial charge on any atom is -0.322 e. The van der Waals surface area contributed by atoms with Gasteiger partial charge in [-0.2, -0.15) is 4.31 Å². The van der Waals surface area contributed by atoms with E-state index in [4.69, 9.17) is 0 Å². The molecular formula is C18H19N3O5S. The molecule has 1 fully saturated rings. The van der Waals surface area contributed by atoms with Crippen molar-refractivity contribution in [2.75, 3.05) is 18.4 Å². The third-order valence-corrected chi connectivity index (χ3v) is 6.35. The number of rotatable bonds is 5. The second-order valence-electron chi connectivity index (χ2n) is 6.35. The van der Waals surface area contributed by atoms with Gasteiger partial charge in [-0.05, 0) is 50.1 Å². The molecule has 9 heteroatoms. The third-order valence-electron chi connectivity index (χ3n) is 4.45. The number of aryl methyl sites for hydroxylation is 1. The van der Waals surface area contributed by atoms with Gasteiger partial charge in [0.1, 0.15) is 0 Å². The van der Waals surface area contributed by atoms with Crippen LogP contribution in [0.5, 0.6) is 0 Å². The first kappa shape index (κ1) is 19.0. The Morgan fingerprint density at radius 3 is 2.48 bits per heavy atom. The Labute approximate surface area is 157 Å². The number of carbonyl (C=O) groups excluding carboxylic acids is 1. The molecule has 2 aromatic rings. The summed E-state index contributed by atoms with van der Waals surface area (Å²) in [6, 6.07) is 10.2. The molecule has 0 aromatic heterocycles. The van der Waals surface area contributed by atoms with Crippen LogP contribution in [0.1, 0.15) is 28.8 Å². The maximum Gasteiger partial charge on any atom is 0.272 e. The second kappa shape index (κ2) is 7.45. The zero-order chi connectivity index (χ0) is 19.6. The topological polar surface area (TPSA) is 110 Å². The third kappa shape index (κ3) is 3.99. The lowest BCUT2D eigenvalue weighted by Gasteiger charge is -2.16. The largest absolute Gasteiger partial charge is 0.322 e. The summed E-state index contributed by atoms with van der Waals surface area (Å²) in [7, 11) is -3.58. The van der Waals surface area contributed by atoms with Gasteiger partial charge in [0.2, 0.25) is 10.0 Å². The van der Waals surface area contributed by atoms with E-state index in [2.05, 4.69) is 5.32 Å². The maximum atomic E-state index is 12.6. The van der Waals surface area contributed by atoms with Crippen molar-refractivity contribution in [3.05, 3.63) is 63.7 Å². The van der Waals surface area contributed by atoms with Crippen LogP contribution in [0.15, 0.2) is 47.4 Å². The van der Waals surface area contributed by atoms with Crippen molar-refractivity contribution in [1.82, 2.24) is 4.31 Å². The zero-order valence-corrected chi connectivity index (χ0v) is 15.5. The predicted octanol–water partition coefficient (Wildman–Crippen LogP) is 2.94. The fourth-order valence-electron chi connectivity index (χ4n) is 3.02. The summed E-state index contributed by atoms with van der Waals surface area (Å²) in [4.78, 5) is 22.9. The zero-order valence-electron chi connectivity index (χ0n) is 14.7. The fourth-order valence-corrected chi connectivity index (χ4v) is 4.58. The standard InChI is InChI=1S/C18H19N3O5S/c1-13-11-14(7-8-17(13)21(23)24)18(22)19-15-5-4-6-16(12-15)27(25,26)20-9-2-3-10-20/h4-8,11-12H,2-3,9-10H2,1H3,(H,19,22). The average molecular weight is 389 g/mol. The smallest absolute Gasteiger partial charge is 0.272 e. The molecule has 1 amide bonds. The molecule has 1 aliphatic heterocycles. The van der Waals surface area contributed by atoms with Gasteiger partial charge in [-0.15, -0.1) is 0 Å². The summed E-state index contributed by atoms with van der Waals surface area (Å²) in [5.41, 5.74) is 0.908. The second-order valence-corrected chi connectivity index (χ2v) is 8.29. The molecule has 142 valence electrons. The molecule has 0 atom stereocenters. The van der Waals surface area contributed by atoms with E-state index in [0.717, 1.165) is 12.8 Å². The molecule has 0 aliphatic carbocycles. The Morgan fingerprint density at radius 1 is 1.15 bits per heavy atom. The first-order valence-electron chi connectivity index (χ1n) is 8.45. The Bertz CT molecular complexity index is 998. The monoisotopic (exact) mass is 389 g/mol. The van der Waals surface area contributed by atoms with Gasteiger partial charge >= 0.3 is 0 Å². The van der Waals surface area contributed by atoms with Gasteiger partial charge in [0, 0.05) is 36.0 Å². The van der Waals surface area contributed by atoms with Crippen molar-refractivity contribution in [3.8, 4) is 0 Å². The van der Waals surface area contributed by atoms with Crippen LogP contribution in [0, 0.1) is 17.0 Å². The molecule has 0 saturated carbocycles. The van der Waals surface area contributed by atoms with Crippen molar-refractivity contribution in [2.24, 2.45) is 0 Å². The number of benzene rings is 2. The van der Waals surface area contributed by atoms with Crippen molar-refractivity contribution in [1.29, 1.82) is 0 Å². The lowest BCUT2D eigenvalue weighted by atomic mass is 10.1. The van der Waals surface area contributed by atoms with E-state index in [1.165, 1.54) is 34.6 Å². The van der Waals surface area contributed by atoms with Crippen LogP contribution in [-0.4, -0.2) is 36.6 Å². The lowest BCUT2D eigenvalue weighted by molar-refractivity contribution is -0.385. The van der Waals surface area contributed by atoms with Crippen LogP contribution in [-0.2, 0) is 10.0 Å². The van der Waals surface area contributed by atoms with Gasteiger partial charge in [-0.1, -0.05) is 6.07 Å². The minimum atomic E-state index is -3.58. The molecule has 1 N–H and O–H groups in total. The summed E-state index contributed by atoms with van der Waals surface area (Å²) in [6.45, 7) is 2.56. The lowest BCUT2D eigenvalue weighted by Crippen LogP contribution is -2.27. The van der Waals surface area contributed by atoms with E-state index in [-0.39, 0.29) is 16.1 Å². The summed E-state index contributed by atoms with van der Waals surface area (Å²) >= 11 is 0. The van der Waals surface area contributed by atoms with Crippen molar-refractivity contribution in [2.45, 2.75) is 24.7 Å². The number of nitro groups is 1. The molecule has 0 spiro atoms. The van der Waals surface area contributed by atoms with Crippen LogP contribution >= 0.6 is 0 Å². The number of carbonyl (C=O) groups is 1. The van der Waals surface area contributed by atoms with Crippen LogP contribution in [0.2, 0.25) is 0 Å². The highest BCUT2D eigenvalue weighted by molar-refractivity contribution is 7.89. The highest BCUT2D eigenvalue weighted by atomic mass is 32.2. The molecule has 2 aromatic carbocycles. The SMILES string of the molecule is Cc1cc(C(=O)Nc2cccc(S(=O)(=O)N3CCCC3)c2)ccc1[N+](=O)[O-]. The highest BCUT2D eigenvalue weighted by Gasteiger charge is 2.27. The molecule has 27 heavy (non-hydrogen) atoms. The number of nitrogens with zero attached hydrogens (tertiary/aromatic N) is 2. The van der Waals surface area contributed by atoms with Gasteiger partial charge in [0.25, 0.3) is 11.6 Å². The summed E-state index contributed by atoms with van der Waals surface area (Å²) in [6.07, 6.45) is 1.68. The summed E-state index contributed by atoms with van der Waals surface area (Å²) in [5.74, 6) is -0.469. The van der Waals surface area contributed by atoms with E-state index in [9.17, 15) is 23.3 Å². The first-order chi connectivity index (χ1) is 12.8. The summed E-state index contributed by atoms with van der Waals surface area (Å²) in [5, 5.41) is 13.5. The average Bonchev–Trinajstić information content (AvgIpc) is 3.17. The molecule has 8 nitrogen and oxygen atoms in total. The first-order valence-corrected chi connectivity index (χ1v) is 9.89. The number of hydrogen-bond acceptors (Lipinski definition) is 5. The Kier molecular flexibility index (Phi) is 5.24. The number of sulfonamides is 1. The molecule has 0 unspecified atom stereocenters. The predicted molar refractivity (Wildman–Crippen MR) is 100 cm³/mol. The summed E-state index contributed by atoms with van der Waals surface area (Å²) < 4.78 is 26.7. The quantitative estimate of drug-likeness (QED) is 0.624. The Morgan fingerprint density at radius 2 is 1.85 bits per heavy atom. The van der Waals surface area contributed by atoms with Gasteiger partial charge in [0.05, 0.1) is 9.82 Å². The van der Waals surface area contributed by atoms with Crippen molar-refractivity contribution in [3.63, 3.8) is 0 Å². The van der Waals surface area contributed by atoms with E-state index in [1.807, 2.05) is 0 Å². The number of anilines is 1. The van der Waals surface area contributed by atoms with E-state index in [1.54, 1.807) is 19.1 Å². The van der Waals surface area contributed by atoms with Gasteiger partial charge in [0.15, 0.2) is 0 Å². The molecule has 1 saturated heterocycles. The molecule has 0 bridgehead atoms. The van der Waals surface area contributed by atoms with E-state index < -0.39 is 20.9 Å². The minimum absolute atomic E-state index is 0.0646. The van der Waals surface area contributed by atoms with Crippen molar-refractivity contribution < 1.29 is 18.1 Å². The number of nitrogens with one attached hydrogen (secondary N) is 1. The van der Waals surface area contributed by atoms with Crippen molar-refractivity contribution >= 4 is 27.3 Å². The van der Waals surface area contributed by atoms with Gasteiger partial charge < -0.3 is 5.32 Å². The van der Waals surface area contributed by atoms with Crippen LogP contribution < -0.4 is 5.32 Å². The van der Waals surface area contributed by atoms with Gasteiger partial charge in [-0.25, -0.2) is 8.42 Å². The molecule has 3 rings (SSSR count). The number of nitro benzene ring substituents is 1. The fraction of sp³-hybridized carbons (Fsp3) is 0.278. The van der Waals surface area contributed by atoms with E-state index in [0.29, 0.717) is 24.3 Å². The van der Waals surface area contributed by atoms with Crippen LogP contribution in [0.3, 0.4) is 0 Å². The normalized spacial score (nSPS) is 14.9. The van der Waals surface area contributed by atoms with Crippen LogP contribution in [0.25, 0.3) is 0 Å². The Hall–Kier alpha value is -2.78. The number of amides is 1. The molecule has 0 radical (unpaired) electrons.